The van der Waals surface area contributed by atoms with Gasteiger partial charge in [-0.25, -0.2) is 4.79 Å². The molecule has 1 amide bonds. The van der Waals surface area contributed by atoms with E-state index in [4.69, 9.17) is 19.9 Å². The van der Waals surface area contributed by atoms with E-state index in [-0.39, 0.29) is 12.1 Å². The molecule has 0 bridgehead atoms. The van der Waals surface area contributed by atoms with Crippen molar-refractivity contribution >= 4 is 6.09 Å². The highest BCUT2D eigenvalue weighted by molar-refractivity contribution is 5.67. The summed E-state index contributed by atoms with van der Waals surface area (Å²) >= 11 is 0. The van der Waals surface area contributed by atoms with E-state index in [1.54, 1.807) is 0 Å². The van der Waals surface area contributed by atoms with Crippen LogP contribution in [0.1, 0.15) is 20.8 Å². The quantitative estimate of drug-likeness (QED) is 0.611. The number of amides is 1. The number of carbonyl (C=O) groups is 1. The van der Waals surface area contributed by atoms with Crippen LogP contribution in [0.15, 0.2) is 0 Å². The van der Waals surface area contributed by atoms with Gasteiger partial charge in [0.2, 0.25) is 0 Å². The van der Waals surface area contributed by atoms with Crippen molar-refractivity contribution in [3.05, 3.63) is 0 Å². The Bertz CT molecular complexity index is 204. The summed E-state index contributed by atoms with van der Waals surface area (Å²) in [5.41, 5.74) is 4.96. The smallest absolute Gasteiger partial charge is 0.407 e. The van der Waals surface area contributed by atoms with Gasteiger partial charge in [0.15, 0.2) is 0 Å². The van der Waals surface area contributed by atoms with Crippen molar-refractivity contribution < 1.29 is 19.0 Å². The van der Waals surface area contributed by atoms with E-state index >= 15 is 0 Å². The first-order valence-electron chi connectivity index (χ1n) is 5.76. The van der Waals surface area contributed by atoms with Gasteiger partial charge in [0.05, 0.1) is 26.4 Å². The zero-order chi connectivity index (χ0) is 13.1. The van der Waals surface area contributed by atoms with Crippen LogP contribution < -0.4 is 11.1 Å². The molecule has 0 aromatic heterocycles. The molecule has 0 fully saturated rings. The van der Waals surface area contributed by atoms with E-state index in [1.807, 2.05) is 20.8 Å². The number of nitrogens with two attached hydrogens (primary N) is 1. The molecule has 17 heavy (non-hydrogen) atoms. The maximum Gasteiger partial charge on any atom is 0.407 e. The fraction of sp³-hybridized carbons (Fsp3) is 0.909. The molecule has 0 unspecified atom stereocenters. The molecule has 102 valence electrons. The second-order valence-corrected chi connectivity index (χ2v) is 4.52. The van der Waals surface area contributed by atoms with Gasteiger partial charge in [-0.15, -0.1) is 0 Å². The lowest BCUT2D eigenvalue weighted by atomic mass is 10.1. The molecule has 0 saturated heterocycles. The number of rotatable bonds is 8. The SMILES string of the molecule is CC(C)(C)NC(=O)OCCOCCOCCN. The van der Waals surface area contributed by atoms with Gasteiger partial charge in [0.1, 0.15) is 6.61 Å². The van der Waals surface area contributed by atoms with E-state index in [1.165, 1.54) is 0 Å². The maximum atomic E-state index is 11.2. The fourth-order valence-corrected chi connectivity index (χ4v) is 0.941. The van der Waals surface area contributed by atoms with Crippen molar-refractivity contribution in [1.29, 1.82) is 0 Å². The Labute approximate surface area is 103 Å². The van der Waals surface area contributed by atoms with E-state index in [2.05, 4.69) is 5.32 Å². The molecule has 0 atom stereocenters. The summed E-state index contributed by atoms with van der Waals surface area (Å²) in [6.45, 7) is 8.29. The Kier molecular flexibility index (Phi) is 8.75. The van der Waals surface area contributed by atoms with Crippen molar-refractivity contribution in [1.82, 2.24) is 5.32 Å². The van der Waals surface area contributed by atoms with E-state index < -0.39 is 6.09 Å². The number of hydrogen-bond acceptors (Lipinski definition) is 5. The Morgan fingerprint density at radius 3 is 2.12 bits per heavy atom. The van der Waals surface area contributed by atoms with Crippen LogP contribution in [0.25, 0.3) is 0 Å². The summed E-state index contributed by atoms with van der Waals surface area (Å²) < 4.78 is 15.2. The summed E-state index contributed by atoms with van der Waals surface area (Å²) in [6, 6.07) is 0. The van der Waals surface area contributed by atoms with Crippen molar-refractivity contribution in [2.75, 3.05) is 39.6 Å². The Morgan fingerprint density at radius 2 is 1.59 bits per heavy atom. The van der Waals surface area contributed by atoms with Gasteiger partial charge < -0.3 is 25.3 Å². The van der Waals surface area contributed by atoms with Gasteiger partial charge >= 0.3 is 6.09 Å². The normalized spacial score (nSPS) is 11.3. The van der Waals surface area contributed by atoms with Crippen molar-refractivity contribution in [3.8, 4) is 0 Å². The Balaban J connectivity index is 3.25. The minimum Gasteiger partial charge on any atom is -0.447 e. The maximum absolute atomic E-state index is 11.2. The van der Waals surface area contributed by atoms with Crippen LogP contribution in [0.2, 0.25) is 0 Å². The third-order valence-corrected chi connectivity index (χ3v) is 1.57. The molecule has 0 aromatic carbocycles. The molecule has 0 aliphatic heterocycles. The third kappa shape index (κ3) is 13.1. The number of ether oxygens (including phenoxy) is 3. The van der Waals surface area contributed by atoms with Crippen LogP contribution in [0, 0.1) is 0 Å². The van der Waals surface area contributed by atoms with Crippen LogP contribution >= 0.6 is 0 Å². The van der Waals surface area contributed by atoms with Crippen LogP contribution in [0.3, 0.4) is 0 Å². The van der Waals surface area contributed by atoms with Crippen LogP contribution in [0.4, 0.5) is 4.79 Å². The second-order valence-electron chi connectivity index (χ2n) is 4.52. The average molecular weight is 248 g/mol. The molecule has 3 N–H and O–H groups in total. The highest BCUT2D eigenvalue weighted by Crippen LogP contribution is 1.98. The zero-order valence-corrected chi connectivity index (χ0v) is 11.0. The predicted molar refractivity (Wildman–Crippen MR) is 64.9 cm³/mol. The predicted octanol–water partition coefficient (Wildman–Crippen LogP) is 0.503. The first kappa shape index (κ1) is 16.1. The first-order chi connectivity index (χ1) is 7.95. The van der Waals surface area contributed by atoms with Crippen molar-refractivity contribution in [3.63, 3.8) is 0 Å². The summed E-state index contributed by atoms with van der Waals surface area (Å²) in [4.78, 5) is 11.2. The molecule has 6 nitrogen and oxygen atoms in total. The molecule has 6 heteroatoms. The van der Waals surface area contributed by atoms with Gasteiger partial charge in [-0.1, -0.05) is 0 Å². The molecule has 0 spiro atoms. The van der Waals surface area contributed by atoms with E-state index in [0.29, 0.717) is 33.0 Å². The average Bonchev–Trinajstić information content (AvgIpc) is 2.19. The Morgan fingerprint density at radius 1 is 1.06 bits per heavy atom. The topological polar surface area (TPSA) is 82.8 Å². The molecule has 0 radical (unpaired) electrons. The van der Waals surface area contributed by atoms with Gasteiger partial charge in [-0.05, 0) is 20.8 Å². The lowest BCUT2D eigenvalue weighted by Gasteiger charge is -2.19. The van der Waals surface area contributed by atoms with Crippen LogP contribution in [-0.4, -0.2) is 51.2 Å². The molecule has 0 rings (SSSR count). The monoisotopic (exact) mass is 248 g/mol. The molecule has 0 aromatic rings. The number of carbonyl (C=O) groups excluding carboxylic acids is 1. The standard InChI is InChI=1S/C11H24N2O4/c1-11(2,3)13-10(14)17-9-8-16-7-6-15-5-4-12/h4-9,12H2,1-3H3,(H,13,14). The number of nitrogens with one attached hydrogen (secondary N) is 1. The molecule has 0 saturated carbocycles. The number of hydrogen-bond donors (Lipinski definition) is 2. The lowest BCUT2D eigenvalue weighted by molar-refractivity contribution is 0.0292. The van der Waals surface area contributed by atoms with Crippen molar-refractivity contribution in [2.24, 2.45) is 5.73 Å². The minimum absolute atomic E-state index is 0.235. The summed E-state index contributed by atoms with van der Waals surface area (Å²) in [6.07, 6.45) is -0.430. The van der Waals surface area contributed by atoms with Gasteiger partial charge in [0.25, 0.3) is 0 Å². The zero-order valence-electron chi connectivity index (χ0n) is 11.0. The van der Waals surface area contributed by atoms with Crippen LogP contribution in [-0.2, 0) is 14.2 Å². The molecular formula is C11H24N2O4. The van der Waals surface area contributed by atoms with Gasteiger partial charge in [-0.3, -0.25) is 0 Å². The highest BCUT2D eigenvalue weighted by Gasteiger charge is 2.13. The summed E-state index contributed by atoms with van der Waals surface area (Å²) in [7, 11) is 0. The fourth-order valence-electron chi connectivity index (χ4n) is 0.941. The molecule has 0 aliphatic rings. The van der Waals surface area contributed by atoms with Gasteiger partial charge in [0, 0.05) is 12.1 Å². The lowest BCUT2D eigenvalue weighted by Crippen LogP contribution is -2.41. The third-order valence-electron chi connectivity index (χ3n) is 1.57. The van der Waals surface area contributed by atoms with Gasteiger partial charge in [-0.2, -0.15) is 0 Å². The highest BCUT2D eigenvalue weighted by atomic mass is 16.6. The van der Waals surface area contributed by atoms with Crippen molar-refractivity contribution in [2.45, 2.75) is 26.3 Å². The first-order valence-corrected chi connectivity index (χ1v) is 5.76. The largest absolute Gasteiger partial charge is 0.447 e. The second kappa shape index (κ2) is 9.21. The molecule has 0 heterocycles. The summed E-state index contributed by atoms with van der Waals surface area (Å²) in [5, 5.41) is 2.68. The van der Waals surface area contributed by atoms with Crippen LogP contribution in [0.5, 0.6) is 0 Å². The summed E-state index contributed by atoms with van der Waals surface area (Å²) in [5.74, 6) is 0. The molecule has 0 aliphatic carbocycles. The minimum atomic E-state index is -0.430. The number of alkyl carbamates (subject to hydrolysis) is 1. The Hall–Kier alpha value is -0.850. The van der Waals surface area contributed by atoms with E-state index in [0.717, 1.165) is 0 Å². The molecular weight excluding hydrogens is 224 g/mol. The van der Waals surface area contributed by atoms with E-state index in [9.17, 15) is 4.79 Å².